The monoisotopic (exact) mass is 614 g/mol. The Kier molecular flexibility index (Phi) is 7.26. The van der Waals surface area contributed by atoms with Crippen LogP contribution in [0.4, 0.5) is 42.4 Å². The van der Waals surface area contributed by atoms with Gasteiger partial charge in [0.15, 0.2) is 0 Å². The second-order valence-electron chi connectivity index (χ2n) is 11.3. The number of nitrogens with two attached hydrogens (primary N) is 1. The SMILES string of the molecule is Cc1cc(N)nc(-c2ncc3c(N4CCNCC4)nc(OC[C@@]45CCCN4C[C@H](F)C5)nc3c2C(F)(F)F)c1C(F)(F)F. The molecule has 9 nitrogen and oxygen atoms in total. The molecule has 2 atom stereocenters. The summed E-state index contributed by atoms with van der Waals surface area (Å²) in [6.45, 7) is 3.80. The fraction of sp³-hybridized carbons (Fsp3) is 0.556. The molecule has 0 aliphatic carbocycles. The van der Waals surface area contributed by atoms with Crippen LogP contribution in [0, 0.1) is 6.92 Å². The molecule has 3 fully saturated rings. The number of ether oxygens (including phenoxy) is 1. The van der Waals surface area contributed by atoms with Gasteiger partial charge < -0.3 is 20.7 Å². The Hall–Kier alpha value is -3.53. The molecule has 3 saturated heterocycles. The topological polar surface area (TPSA) is 105 Å². The highest BCUT2D eigenvalue weighted by molar-refractivity contribution is 5.95. The molecule has 0 unspecified atom stereocenters. The predicted octanol–water partition coefficient (Wildman–Crippen LogP) is 4.38. The first-order valence-corrected chi connectivity index (χ1v) is 13.9. The van der Waals surface area contributed by atoms with Crippen LogP contribution in [0.2, 0.25) is 0 Å². The van der Waals surface area contributed by atoms with Gasteiger partial charge in [0.1, 0.15) is 41.4 Å². The predicted molar refractivity (Wildman–Crippen MR) is 143 cm³/mol. The zero-order valence-corrected chi connectivity index (χ0v) is 23.1. The molecule has 0 saturated carbocycles. The van der Waals surface area contributed by atoms with E-state index < -0.39 is 63.5 Å². The van der Waals surface area contributed by atoms with Crippen LogP contribution in [0.15, 0.2) is 12.3 Å². The van der Waals surface area contributed by atoms with E-state index in [4.69, 9.17) is 10.5 Å². The van der Waals surface area contributed by atoms with Crippen molar-refractivity contribution in [3.8, 4) is 17.4 Å². The maximum absolute atomic E-state index is 14.9. The summed E-state index contributed by atoms with van der Waals surface area (Å²) in [6.07, 6.45) is -8.59. The summed E-state index contributed by atoms with van der Waals surface area (Å²) < 4.78 is 107. The highest BCUT2D eigenvalue weighted by atomic mass is 19.4. The number of hydrogen-bond donors (Lipinski definition) is 2. The van der Waals surface area contributed by atoms with E-state index in [0.717, 1.165) is 25.6 Å². The number of aryl methyl sites for hydroxylation is 1. The lowest BCUT2D eigenvalue weighted by atomic mass is 9.95. The summed E-state index contributed by atoms with van der Waals surface area (Å²) in [6, 6.07) is 0.550. The lowest BCUT2D eigenvalue weighted by Crippen LogP contribution is -2.44. The third-order valence-electron chi connectivity index (χ3n) is 8.38. The third kappa shape index (κ3) is 5.39. The number of piperazine rings is 1. The number of nitrogens with one attached hydrogen (secondary N) is 1. The van der Waals surface area contributed by atoms with Crippen molar-refractivity contribution >= 4 is 22.5 Å². The molecular formula is C27H29F7N8O. The van der Waals surface area contributed by atoms with Crippen LogP contribution in [0.1, 0.15) is 36.0 Å². The first-order chi connectivity index (χ1) is 20.3. The number of nitrogen functional groups attached to an aromatic ring is 1. The van der Waals surface area contributed by atoms with Gasteiger partial charge in [-0.1, -0.05) is 0 Å². The summed E-state index contributed by atoms with van der Waals surface area (Å²) >= 11 is 0. The number of aromatic nitrogens is 4. The van der Waals surface area contributed by atoms with Crippen LogP contribution in [0.5, 0.6) is 6.01 Å². The largest absolute Gasteiger partial charge is 0.461 e. The molecule has 0 aromatic carbocycles. The van der Waals surface area contributed by atoms with Gasteiger partial charge in [-0.3, -0.25) is 9.88 Å². The average Bonchev–Trinajstić information content (AvgIpc) is 3.45. The van der Waals surface area contributed by atoms with E-state index in [1.54, 1.807) is 4.90 Å². The highest BCUT2D eigenvalue weighted by Crippen LogP contribution is 2.46. The van der Waals surface area contributed by atoms with Gasteiger partial charge in [-0.15, -0.1) is 0 Å². The molecule has 6 heterocycles. The summed E-state index contributed by atoms with van der Waals surface area (Å²) in [7, 11) is 0. The Morgan fingerprint density at radius 3 is 2.44 bits per heavy atom. The molecular weight excluding hydrogens is 585 g/mol. The number of halogens is 7. The van der Waals surface area contributed by atoms with E-state index in [0.29, 0.717) is 39.1 Å². The Morgan fingerprint density at radius 1 is 1.02 bits per heavy atom. The molecule has 0 bridgehead atoms. The van der Waals surface area contributed by atoms with Crippen molar-refractivity contribution in [2.75, 3.05) is 56.5 Å². The minimum atomic E-state index is -5.20. The van der Waals surface area contributed by atoms with Gasteiger partial charge in [0, 0.05) is 45.3 Å². The zero-order valence-electron chi connectivity index (χ0n) is 23.1. The van der Waals surface area contributed by atoms with Crippen LogP contribution in [-0.2, 0) is 12.4 Å². The second-order valence-corrected chi connectivity index (χ2v) is 11.3. The van der Waals surface area contributed by atoms with Crippen LogP contribution in [0.25, 0.3) is 22.3 Å². The van der Waals surface area contributed by atoms with Crippen molar-refractivity contribution < 1.29 is 35.5 Å². The molecule has 16 heteroatoms. The van der Waals surface area contributed by atoms with Gasteiger partial charge in [0.05, 0.1) is 22.0 Å². The third-order valence-corrected chi connectivity index (χ3v) is 8.38. The minimum absolute atomic E-state index is 0.0482. The number of rotatable bonds is 5. The van der Waals surface area contributed by atoms with E-state index in [1.807, 2.05) is 4.90 Å². The smallest absolute Gasteiger partial charge is 0.420 e. The van der Waals surface area contributed by atoms with Gasteiger partial charge in [0.2, 0.25) is 0 Å². The number of fused-ring (bicyclic) bond motifs is 2. The first-order valence-electron chi connectivity index (χ1n) is 13.9. The van der Waals surface area contributed by atoms with E-state index in [2.05, 4.69) is 25.3 Å². The highest BCUT2D eigenvalue weighted by Gasteiger charge is 2.49. The number of alkyl halides is 7. The Morgan fingerprint density at radius 2 is 1.74 bits per heavy atom. The van der Waals surface area contributed by atoms with E-state index in [-0.39, 0.29) is 36.8 Å². The number of anilines is 2. The molecule has 3 N–H and O–H groups in total. The van der Waals surface area contributed by atoms with Gasteiger partial charge in [0.25, 0.3) is 0 Å². The standard InChI is InChI=1S/C27H29F7N8O/c1-14-9-17(35)38-22(18(14)26(29,30)31)21-19(27(32,33)34)20-16(11-37-21)23(41-7-4-36-5-8-41)40-24(39-20)43-13-25-3-2-6-42(25)12-15(28)10-25/h9,11,15,36H,2-8,10,12-13H2,1H3,(H2,35,38)/t15-,25+/m1/s1. The average molecular weight is 615 g/mol. The van der Waals surface area contributed by atoms with Crippen molar-refractivity contribution in [2.45, 2.75) is 50.2 Å². The Bertz CT molecular complexity index is 1540. The van der Waals surface area contributed by atoms with Crippen LogP contribution in [-0.4, -0.2) is 82.4 Å². The molecule has 43 heavy (non-hydrogen) atoms. The van der Waals surface area contributed by atoms with Gasteiger partial charge in [-0.2, -0.15) is 36.3 Å². The van der Waals surface area contributed by atoms with Gasteiger partial charge in [-0.05, 0) is 37.9 Å². The molecule has 6 rings (SSSR count). The number of hydrogen-bond acceptors (Lipinski definition) is 9. The minimum Gasteiger partial charge on any atom is -0.461 e. The molecule has 3 aromatic rings. The molecule has 232 valence electrons. The van der Waals surface area contributed by atoms with Crippen molar-refractivity contribution in [3.63, 3.8) is 0 Å². The molecule has 3 aliphatic heterocycles. The van der Waals surface area contributed by atoms with Crippen molar-refractivity contribution in [3.05, 3.63) is 29.0 Å². The lowest BCUT2D eigenvalue weighted by molar-refractivity contribution is -0.139. The van der Waals surface area contributed by atoms with Gasteiger partial charge >= 0.3 is 18.4 Å². The van der Waals surface area contributed by atoms with Gasteiger partial charge in [-0.25, -0.2) is 9.37 Å². The van der Waals surface area contributed by atoms with Crippen LogP contribution >= 0.6 is 0 Å². The van der Waals surface area contributed by atoms with Crippen molar-refractivity contribution in [1.82, 2.24) is 30.2 Å². The normalized spacial score (nSPS) is 23.3. The van der Waals surface area contributed by atoms with Crippen molar-refractivity contribution in [1.29, 1.82) is 0 Å². The molecule has 0 amide bonds. The Labute approximate surface area is 241 Å². The molecule has 3 aliphatic rings. The van der Waals surface area contributed by atoms with E-state index >= 15 is 0 Å². The summed E-state index contributed by atoms with van der Waals surface area (Å²) in [5.41, 5.74) is -1.01. The maximum atomic E-state index is 14.9. The van der Waals surface area contributed by atoms with Crippen LogP contribution < -0.4 is 20.7 Å². The fourth-order valence-electron chi connectivity index (χ4n) is 6.56. The summed E-state index contributed by atoms with van der Waals surface area (Å²) in [5, 5.41) is 3.05. The number of pyridine rings is 2. The fourth-order valence-corrected chi connectivity index (χ4v) is 6.56. The number of nitrogens with zero attached hydrogens (tertiary/aromatic N) is 6. The second kappa shape index (κ2) is 10.6. The molecule has 3 aromatic heterocycles. The zero-order chi connectivity index (χ0) is 30.7. The quantitative estimate of drug-likeness (QED) is 0.405. The molecule has 0 radical (unpaired) electrons. The summed E-state index contributed by atoms with van der Waals surface area (Å²) in [5.74, 6) is -0.291. The van der Waals surface area contributed by atoms with Crippen molar-refractivity contribution in [2.24, 2.45) is 0 Å². The molecule has 0 spiro atoms. The van der Waals surface area contributed by atoms with E-state index in [1.165, 1.54) is 0 Å². The van der Waals surface area contributed by atoms with E-state index in [9.17, 15) is 30.7 Å². The van der Waals surface area contributed by atoms with Crippen LogP contribution in [0.3, 0.4) is 0 Å². The Balaban J connectivity index is 1.55. The lowest BCUT2D eigenvalue weighted by Gasteiger charge is -2.32. The summed E-state index contributed by atoms with van der Waals surface area (Å²) in [4.78, 5) is 19.9. The first kappa shape index (κ1) is 29.5. The maximum Gasteiger partial charge on any atom is 0.420 e.